The highest BCUT2D eigenvalue weighted by atomic mass is 15.1. The van der Waals surface area contributed by atoms with Crippen molar-refractivity contribution in [3.63, 3.8) is 0 Å². The van der Waals surface area contributed by atoms with E-state index in [1.54, 1.807) is 0 Å². The number of nitrogens with one attached hydrogen (secondary N) is 1. The largest absolute Gasteiger partial charge is 0.375 e. The van der Waals surface area contributed by atoms with Crippen molar-refractivity contribution in [2.75, 3.05) is 25.0 Å². The minimum absolute atomic E-state index is 0.599. The van der Waals surface area contributed by atoms with Gasteiger partial charge >= 0.3 is 0 Å². The van der Waals surface area contributed by atoms with E-state index >= 15 is 0 Å². The molecule has 1 aromatic carbocycles. The standard InChI is InChI=1S/C16H28N2/c1-13(2)17-8-6-7-9-18(5)16-11-14(3)10-15(4)12-16/h10-13,17H,6-9H2,1-5H3. The topological polar surface area (TPSA) is 15.3 Å². The molecule has 2 heteroatoms. The number of anilines is 1. The van der Waals surface area contributed by atoms with E-state index in [4.69, 9.17) is 0 Å². The van der Waals surface area contributed by atoms with Gasteiger partial charge in [0.2, 0.25) is 0 Å². The summed E-state index contributed by atoms with van der Waals surface area (Å²) in [5, 5.41) is 3.46. The number of aryl methyl sites for hydroxylation is 2. The second-order valence-corrected chi connectivity index (χ2v) is 5.58. The lowest BCUT2D eigenvalue weighted by Gasteiger charge is -2.20. The van der Waals surface area contributed by atoms with Crippen LogP contribution in [-0.4, -0.2) is 26.2 Å². The number of nitrogens with zero attached hydrogens (tertiary/aromatic N) is 1. The van der Waals surface area contributed by atoms with Gasteiger partial charge in [-0.3, -0.25) is 0 Å². The maximum absolute atomic E-state index is 3.46. The van der Waals surface area contributed by atoms with Gasteiger partial charge in [-0.15, -0.1) is 0 Å². The van der Waals surface area contributed by atoms with Crippen LogP contribution in [0.4, 0.5) is 5.69 Å². The molecule has 102 valence electrons. The minimum Gasteiger partial charge on any atom is -0.375 e. The van der Waals surface area contributed by atoms with Gasteiger partial charge in [0.25, 0.3) is 0 Å². The monoisotopic (exact) mass is 248 g/mol. The van der Waals surface area contributed by atoms with Crippen LogP contribution >= 0.6 is 0 Å². The van der Waals surface area contributed by atoms with E-state index in [-0.39, 0.29) is 0 Å². The van der Waals surface area contributed by atoms with E-state index in [9.17, 15) is 0 Å². The van der Waals surface area contributed by atoms with Crippen molar-refractivity contribution < 1.29 is 0 Å². The lowest BCUT2D eigenvalue weighted by Crippen LogP contribution is -2.25. The van der Waals surface area contributed by atoms with Gasteiger partial charge < -0.3 is 10.2 Å². The Balaban J connectivity index is 2.34. The first kappa shape index (κ1) is 15.0. The Hall–Kier alpha value is -1.02. The minimum atomic E-state index is 0.599. The average Bonchev–Trinajstić information content (AvgIpc) is 2.26. The van der Waals surface area contributed by atoms with Crippen LogP contribution in [0.1, 0.15) is 37.8 Å². The van der Waals surface area contributed by atoms with Crippen LogP contribution < -0.4 is 10.2 Å². The first-order valence-corrected chi connectivity index (χ1v) is 7.02. The summed E-state index contributed by atoms with van der Waals surface area (Å²) >= 11 is 0. The van der Waals surface area contributed by atoms with Gasteiger partial charge in [-0.1, -0.05) is 19.9 Å². The highest BCUT2D eigenvalue weighted by Gasteiger charge is 2.02. The highest BCUT2D eigenvalue weighted by molar-refractivity contribution is 5.50. The molecular weight excluding hydrogens is 220 g/mol. The van der Waals surface area contributed by atoms with Crippen molar-refractivity contribution in [3.8, 4) is 0 Å². The molecule has 0 radical (unpaired) electrons. The fraction of sp³-hybridized carbons (Fsp3) is 0.625. The molecule has 0 amide bonds. The molecule has 0 unspecified atom stereocenters. The third-order valence-electron chi connectivity index (χ3n) is 3.12. The highest BCUT2D eigenvalue weighted by Crippen LogP contribution is 2.17. The molecule has 0 fully saturated rings. The van der Waals surface area contributed by atoms with Gasteiger partial charge in [0, 0.05) is 25.3 Å². The van der Waals surface area contributed by atoms with Crippen LogP contribution in [0, 0.1) is 13.8 Å². The van der Waals surface area contributed by atoms with Gasteiger partial charge in [0.05, 0.1) is 0 Å². The predicted molar refractivity (Wildman–Crippen MR) is 81.6 cm³/mol. The van der Waals surface area contributed by atoms with E-state index in [1.165, 1.54) is 29.7 Å². The molecule has 18 heavy (non-hydrogen) atoms. The quantitative estimate of drug-likeness (QED) is 0.743. The van der Waals surface area contributed by atoms with Gasteiger partial charge in [0.1, 0.15) is 0 Å². The molecule has 0 aliphatic heterocycles. The Morgan fingerprint density at radius 1 is 1.06 bits per heavy atom. The summed E-state index contributed by atoms with van der Waals surface area (Å²) in [6.07, 6.45) is 2.48. The van der Waals surface area contributed by atoms with Crippen LogP contribution in [0.2, 0.25) is 0 Å². The van der Waals surface area contributed by atoms with E-state index in [0.717, 1.165) is 13.1 Å². The first-order chi connectivity index (χ1) is 8.49. The van der Waals surface area contributed by atoms with Crippen molar-refractivity contribution in [3.05, 3.63) is 29.3 Å². The van der Waals surface area contributed by atoms with Crippen LogP contribution in [-0.2, 0) is 0 Å². The maximum Gasteiger partial charge on any atom is 0.0368 e. The van der Waals surface area contributed by atoms with Crippen LogP contribution in [0.5, 0.6) is 0 Å². The fourth-order valence-corrected chi connectivity index (χ4v) is 2.16. The Bertz CT molecular complexity index is 338. The molecular formula is C16H28N2. The van der Waals surface area contributed by atoms with Crippen molar-refractivity contribution >= 4 is 5.69 Å². The molecule has 1 N–H and O–H groups in total. The third-order valence-corrected chi connectivity index (χ3v) is 3.12. The number of hydrogen-bond donors (Lipinski definition) is 1. The summed E-state index contributed by atoms with van der Waals surface area (Å²) in [6.45, 7) is 11.0. The second-order valence-electron chi connectivity index (χ2n) is 5.58. The van der Waals surface area contributed by atoms with Crippen molar-refractivity contribution in [2.24, 2.45) is 0 Å². The number of unbranched alkanes of at least 4 members (excludes halogenated alkanes) is 1. The molecule has 0 saturated heterocycles. The van der Waals surface area contributed by atoms with E-state index in [0.29, 0.717) is 6.04 Å². The number of rotatable bonds is 7. The molecule has 1 rings (SSSR count). The lowest BCUT2D eigenvalue weighted by molar-refractivity contribution is 0.557. The zero-order chi connectivity index (χ0) is 13.5. The van der Waals surface area contributed by atoms with Crippen molar-refractivity contribution in [1.82, 2.24) is 5.32 Å². The normalized spacial score (nSPS) is 11.0. The molecule has 0 aliphatic carbocycles. The van der Waals surface area contributed by atoms with Gasteiger partial charge in [0.15, 0.2) is 0 Å². The van der Waals surface area contributed by atoms with Gasteiger partial charge in [-0.2, -0.15) is 0 Å². The molecule has 0 bridgehead atoms. The van der Waals surface area contributed by atoms with Crippen LogP contribution in [0.15, 0.2) is 18.2 Å². The lowest BCUT2D eigenvalue weighted by atomic mass is 10.1. The summed E-state index contributed by atoms with van der Waals surface area (Å²) in [5.41, 5.74) is 4.03. The molecule has 0 atom stereocenters. The fourth-order valence-electron chi connectivity index (χ4n) is 2.16. The zero-order valence-corrected chi connectivity index (χ0v) is 12.6. The van der Waals surface area contributed by atoms with Crippen LogP contribution in [0.25, 0.3) is 0 Å². The third kappa shape index (κ3) is 5.54. The Morgan fingerprint density at radius 3 is 2.22 bits per heavy atom. The zero-order valence-electron chi connectivity index (χ0n) is 12.6. The van der Waals surface area contributed by atoms with Crippen molar-refractivity contribution in [1.29, 1.82) is 0 Å². The molecule has 0 spiro atoms. The Kier molecular flexibility index (Phi) is 6.20. The first-order valence-electron chi connectivity index (χ1n) is 7.02. The molecule has 0 aromatic heterocycles. The van der Waals surface area contributed by atoms with Crippen LogP contribution in [0.3, 0.4) is 0 Å². The molecule has 0 aliphatic rings. The number of hydrogen-bond acceptors (Lipinski definition) is 2. The summed E-state index contributed by atoms with van der Waals surface area (Å²) < 4.78 is 0. The number of benzene rings is 1. The smallest absolute Gasteiger partial charge is 0.0368 e. The van der Waals surface area contributed by atoms with Gasteiger partial charge in [-0.05, 0) is 56.5 Å². The summed E-state index contributed by atoms with van der Waals surface area (Å²) in [5.74, 6) is 0. The van der Waals surface area contributed by atoms with Gasteiger partial charge in [-0.25, -0.2) is 0 Å². The summed E-state index contributed by atoms with van der Waals surface area (Å²) in [7, 11) is 2.18. The maximum atomic E-state index is 3.46. The molecule has 0 heterocycles. The second kappa shape index (κ2) is 7.42. The van der Waals surface area contributed by atoms with E-state index in [1.807, 2.05) is 0 Å². The SMILES string of the molecule is Cc1cc(C)cc(N(C)CCCCNC(C)C)c1. The molecule has 0 saturated carbocycles. The van der Waals surface area contributed by atoms with E-state index in [2.05, 4.69) is 63.2 Å². The predicted octanol–water partition coefficient (Wildman–Crippen LogP) is 3.52. The molecule has 1 aromatic rings. The summed E-state index contributed by atoms with van der Waals surface area (Å²) in [6, 6.07) is 7.35. The molecule has 2 nitrogen and oxygen atoms in total. The van der Waals surface area contributed by atoms with E-state index < -0.39 is 0 Å². The summed E-state index contributed by atoms with van der Waals surface area (Å²) in [4.78, 5) is 2.36. The Morgan fingerprint density at radius 2 is 1.67 bits per heavy atom. The van der Waals surface area contributed by atoms with Crippen molar-refractivity contribution in [2.45, 2.75) is 46.6 Å². The average molecular weight is 248 g/mol. The Labute approximate surface area is 112 Å².